The van der Waals surface area contributed by atoms with Crippen LogP contribution in [-0.4, -0.2) is 11.1 Å². The molecular weight excluding hydrogens is 250 g/mol. The van der Waals surface area contributed by atoms with Gasteiger partial charge in [0.2, 0.25) is 0 Å². The molecule has 0 saturated carbocycles. The van der Waals surface area contributed by atoms with Gasteiger partial charge in [-0.25, -0.2) is 0 Å². The first kappa shape index (κ1) is 17.1. The molecule has 0 aromatic heterocycles. The maximum absolute atomic E-state index is 4.72. The number of rotatable bonds is 0. The second-order valence-corrected chi connectivity index (χ2v) is 4.43. The molecule has 0 spiro atoms. The quantitative estimate of drug-likeness (QED) is 0.430. The molecule has 0 aromatic rings. The molecule has 1 aliphatic heterocycles. The van der Waals surface area contributed by atoms with E-state index >= 15 is 0 Å². The zero-order chi connectivity index (χ0) is 7.83. The Hall–Kier alpha value is 2.70. The molecule has 0 unspecified atom stereocenters. The second kappa shape index (κ2) is 6.32. The summed E-state index contributed by atoms with van der Waals surface area (Å²) < 4.78 is 0. The monoisotopic (exact) mass is 267 g/mol. The van der Waals surface area contributed by atoms with E-state index < -0.39 is 0 Å². The van der Waals surface area contributed by atoms with E-state index in [1.54, 1.807) is 0 Å². The molecule has 1 fully saturated rings. The minimum atomic E-state index is 0. The molecule has 1 heterocycles. The maximum Gasteiger partial charge on any atom is 1.00 e. The molecule has 0 N–H and O–H groups in total. The molecular formula is C9H17KNY-. The van der Waals surface area contributed by atoms with Gasteiger partial charge in [0.05, 0.1) is 0 Å². The molecule has 1 aliphatic rings. The Morgan fingerprint density at radius 2 is 1.33 bits per heavy atom. The van der Waals surface area contributed by atoms with Gasteiger partial charge in [0.15, 0.2) is 0 Å². The Labute approximate surface area is 145 Å². The van der Waals surface area contributed by atoms with Crippen molar-refractivity contribution in [2.75, 3.05) is 0 Å². The van der Waals surface area contributed by atoms with Gasteiger partial charge < -0.3 is 11.7 Å². The van der Waals surface area contributed by atoms with Crippen LogP contribution in [0.15, 0.2) is 0 Å². The summed E-state index contributed by atoms with van der Waals surface area (Å²) in [7, 11) is 0. The van der Waals surface area contributed by atoms with Crippen molar-refractivity contribution in [2.45, 2.75) is 51.6 Å². The van der Waals surface area contributed by atoms with E-state index in [4.69, 9.17) is 5.32 Å². The standard InChI is InChI=1S/C9H17N.K.Y/c1-8(2)6-5-7-9(3,4)10-8;;/h5H,6-7H2,1-4H3;;/q-2;+1;. The molecule has 1 nitrogen and oxygen atoms in total. The normalized spacial score (nSPS) is 25.0. The van der Waals surface area contributed by atoms with Crippen molar-refractivity contribution in [3.8, 4) is 0 Å². The van der Waals surface area contributed by atoms with Crippen molar-refractivity contribution in [1.29, 1.82) is 0 Å². The molecule has 1 rings (SSSR count). The van der Waals surface area contributed by atoms with Crippen molar-refractivity contribution in [2.24, 2.45) is 0 Å². The molecule has 0 aliphatic carbocycles. The molecule has 0 atom stereocenters. The summed E-state index contributed by atoms with van der Waals surface area (Å²) in [5.41, 5.74) is 0.365. The molecule has 1 saturated heterocycles. The fourth-order valence-corrected chi connectivity index (χ4v) is 1.69. The van der Waals surface area contributed by atoms with Gasteiger partial charge in [0, 0.05) is 32.7 Å². The summed E-state index contributed by atoms with van der Waals surface area (Å²) in [6.45, 7) is 8.80. The third kappa shape index (κ3) is 6.23. The smallest absolute Gasteiger partial charge is 0.656 e. The summed E-state index contributed by atoms with van der Waals surface area (Å²) in [5, 5.41) is 4.72. The Balaban J connectivity index is 0. The van der Waals surface area contributed by atoms with Crippen molar-refractivity contribution in [3.63, 3.8) is 0 Å². The van der Waals surface area contributed by atoms with Crippen molar-refractivity contribution >= 4 is 0 Å². The Bertz CT molecular complexity index is 120. The van der Waals surface area contributed by atoms with Crippen LogP contribution in [0.25, 0.3) is 5.32 Å². The van der Waals surface area contributed by atoms with E-state index in [0.717, 1.165) is 12.8 Å². The number of piperidine rings is 1. The van der Waals surface area contributed by atoms with Gasteiger partial charge in [0.25, 0.3) is 0 Å². The summed E-state index contributed by atoms with van der Waals surface area (Å²) in [6, 6.07) is 0. The van der Waals surface area contributed by atoms with Crippen molar-refractivity contribution < 1.29 is 84.1 Å². The molecule has 12 heavy (non-hydrogen) atoms. The van der Waals surface area contributed by atoms with E-state index in [1.807, 2.05) is 0 Å². The molecule has 1 radical (unpaired) electrons. The summed E-state index contributed by atoms with van der Waals surface area (Å²) in [6.07, 6.45) is 4.62. The fraction of sp³-hybridized carbons (Fsp3) is 0.889. The van der Waals surface area contributed by atoms with E-state index in [0.29, 0.717) is 0 Å². The van der Waals surface area contributed by atoms with Crippen molar-refractivity contribution in [1.82, 2.24) is 0 Å². The zero-order valence-corrected chi connectivity index (χ0v) is 15.0. The van der Waals surface area contributed by atoms with Crippen LogP contribution in [0.4, 0.5) is 0 Å². The van der Waals surface area contributed by atoms with Gasteiger partial charge in [-0.2, -0.15) is 23.9 Å². The average Bonchev–Trinajstić information content (AvgIpc) is 1.56. The van der Waals surface area contributed by atoms with Gasteiger partial charge in [-0.05, 0) is 0 Å². The topological polar surface area (TPSA) is 14.1 Å². The zero-order valence-electron chi connectivity index (χ0n) is 9.02. The first-order chi connectivity index (χ1) is 4.41. The van der Waals surface area contributed by atoms with Crippen molar-refractivity contribution in [3.05, 3.63) is 11.7 Å². The van der Waals surface area contributed by atoms with Crippen LogP contribution in [-0.2, 0) is 32.7 Å². The van der Waals surface area contributed by atoms with Crippen LogP contribution >= 0.6 is 0 Å². The number of nitrogens with zero attached hydrogens (tertiary/aromatic N) is 1. The predicted molar refractivity (Wildman–Crippen MR) is 45.1 cm³/mol. The molecule has 0 aromatic carbocycles. The molecule has 0 amide bonds. The van der Waals surface area contributed by atoms with E-state index in [-0.39, 0.29) is 95.2 Å². The van der Waals surface area contributed by atoms with Crippen LogP contribution in [0.1, 0.15) is 40.5 Å². The van der Waals surface area contributed by atoms with Gasteiger partial charge in [0.1, 0.15) is 0 Å². The number of hydrogen-bond donors (Lipinski definition) is 0. The van der Waals surface area contributed by atoms with Crippen LogP contribution in [0.5, 0.6) is 0 Å². The predicted octanol–water partition coefficient (Wildman–Crippen LogP) is -0.0831. The molecule has 63 valence electrons. The van der Waals surface area contributed by atoms with Gasteiger partial charge >= 0.3 is 51.4 Å². The average molecular weight is 267 g/mol. The van der Waals surface area contributed by atoms with Gasteiger partial charge in [-0.15, -0.1) is 0 Å². The number of hydrogen-bond acceptors (Lipinski definition) is 0. The third-order valence-corrected chi connectivity index (χ3v) is 1.89. The summed E-state index contributed by atoms with van der Waals surface area (Å²) in [4.78, 5) is 0. The minimum absolute atomic E-state index is 0. The molecule has 0 bridgehead atoms. The Morgan fingerprint density at radius 3 is 1.50 bits per heavy atom. The second-order valence-electron chi connectivity index (χ2n) is 4.43. The van der Waals surface area contributed by atoms with Crippen LogP contribution in [0.2, 0.25) is 0 Å². The molecule has 3 heteroatoms. The maximum atomic E-state index is 4.72. The van der Waals surface area contributed by atoms with Crippen LogP contribution < -0.4 is 51.4 Å². The van der Waals surface area contributed by atoms with Crippen LogP contribution in [0, 0.1) is 6.42 Å². The van der Waals surface area contributed by atoms with Crippen LogP contribution in [0.3, 0.4) is 0 Å². The van der Waals surface area contributed by atoms with E-state index in [1.165, 1.54) is 0 Å². The Kier molecular flexibility index (Phi) is 9.01. The largest absolute Gasteiger partial charge is 1.00 e. The minimum Gasteiger partial charge on any atom is -0.656 e. The SMILES string of the molecule is CC1(C)C[CH-]CC(C)(C)[N-]1.[K+].[Y]. The first-order valence-electron chi connectivity index (χ1n) is 3.97. The van der Waals surface area contributed by atoms with E-state index in [9.17, 15) is 0 Å². The van der Waals surface area contributed by atoms with Gasteiger partial charge in [-0.1, -0.05) is 27.7 Å². The third-order valence-electron chi connectivity index (χ3n) is 1.89. The summed E-state index contributed by atoms with van der Waals surface area (Å²) >= 11 is 0. The van der Waals surface area contributed by atoms with E-state index in [2.05, 4.69) is 34.1 Å². The first-order valence-corrected chi connectivity index (χ1v) is 3.97. The fourth-order valence-electron chi connectivity index (χ4n) is 1.69. The summed E-state index contributed by atoms with van der Waals surface area (Å²) in [5.74, 6) is 0. The van der Waals surface area contributed by atoms with Gasteiger partial charge in [-0.3, -0.25) is 0 Å². The Morgan fingerprint density at radius 1 is 1.00 bits per heavy atom.